The van der Waals surface area contributed by atoms with Gasteiger partial charge in [0, 0.05) is 5.56 Å². The Morgan fingerprint density at radius 3 is 2.81 bits per heavy atom. The summed E-state index contributed by atoms with van der Waals surface area (Å²) >= 11 is 1.65. The van der Waals surface area contributed by atoms with Crippen molar-refractivity contribution in [2.75, 3.05) is 6.61 Å². The molecule has 21 heavy (non-hydrogen) atoms. The van der Waals surface area contributed by atoms with E-state index in [1.54, 1.807) is 18.3 Å². The second kappa shape index (κ2) is 5.84. The predicted molar refractivity (Wildman–Crippen MR) is 87.0 cm³/mol. The smallest absolute Gasteiger partial charge is 0.146 e. The van der Waals surface area contributed by atoms with Crippen molar-refractivity contribution in [3.63, 3.8) is 0 Å². The molecule has 3 aromatic rings. The van der Waals surface area contributed by atoms with E-state index in [1.165, 1.54) is 5.56 Å². The van der Waals surface area contributed by atoms with Crippen molar-refractivity contribution < 1.29 is 9.84 Å². The molecule has 1 unspecified atom stereocenters. The van der Waals surface area contributed by atoms with Crippen LogP contribution in [-0.2, 0) is 0 Å². The summed E-state index contributed by atoms with van der Waals surface area (Å²) in [5.74, 6) is 0.726. The minimum atomic E-state index is -0.491. The van der Waals surface area contributed by atoms with Gasteiger partial charge in [-0.3, -0.25) is 0 Å². The van der Waals surface area contributed by atoms with Crippen LogP contribution in [0.4, 0.5) is 0 Å². The summed E-state index contributed by atoms with van der Waals surface area (Å²) < 4.78 is 6.74. The van der Waals surface area contributed by atoms with Crippen molar-refractivity contribution in [2.24, 2.45) is 0 Å². The summed E-state index contributed by atoms with van der Waals surface area (Å²) in [5.41, 5.74) is 3.20. The molecule has 4 heteroatoms. The monoisotopic (exact) mass is 299 g/mol. The number of aliphatic hydroxyl groups excluding tert-OH is 1. The number of benzene rings is 2. The van der Waals surface area contributed by atoms with Gasteiger partial charge in [0.15, 0.2) is 0 Å². The normalized spacial score (nSPS) is 12.5. The predicted octanol–water partition coefficient (Wildman–Crippen LogP) is 4.03. The molecule has 1 N–H and O–H groups in total. The van der Waals surface area contributed by atoms with Crippen molar-refractivity contribution in [3.05, 3.63) is 48.0 Å². The van der Waals surface area contributed by atoms with E-state index in [0.29, 0.717) is 0 Å². The lowest BCUT2D eigenvalue weighted by Gasteiger charge is -2.08. The van der Waals surface area contributed by atoms with Crippen molar-refractivity contribution in [2.45, 2.75) is 20.0 Å². The van der Waals surface area contributed by atoms with E-state index in [2.05, 4.69) is 25.1 Å². The van der Waals surface area contributed by atoms with Crippen LogP contribution in [0.15, 0.2) is 42.5 Å². The molecular formula is C17H17NO2S. The van der Waals surface area contributed by atoms with E-state index in [1.807, 2.05) is 24.3 Å². The molecule has 2 aromatic carbocycles. The Labute approximate surface area is 127 Å². The highest BCUT2D eigenvalue weighted by Gasteiger charge is 2.11. The zero-order valence-corrected chi connectivity index (χ0v) is 12.9. The first kappa shape index (κ1) is 14.0. The molecule has 1 aromatic heterocycles. The average molecular weight is 299 g/mol. The first-order valence-corrected chi connectivity index (χ1v) is 7.72. The third-order valence-corrected chi connectivity index (χ3v) is 4.20. The molecule has 0 saturated heterocycles. The Balaban J connectivity index is 2.01. The second-order valence-electron chi connectivity index (χ2n) is 5.15. The molecule has 0 radical (unpaired) electrons. The molecule has 3 rings (SSSR count). The van der Waals surface area contributed by atoms with Crippen molar-refractivity contribution in [1.82, 2.24) is 4.98 Å². The SMILES string of the molecule is Cc1cccc(-c2nc3c(OCC(C)O)cccc3s2)c1. The first-order valence-electron chi connectivity index (χ1n) is 6.91. The largest absolute Gasteiger partial charge is 0.489 e. The number of ether oxygens (including phenoxy) is 1. The van der Waals surface area contributed by atoms with Gasteiger partial charge in [0.1, 0.15) is 22.9 Å². The van der Waals surface area contributed by atoms with Gasteiger partial charge in [-0.1, -0.05) is 29.8 Å². The number of aromatic nitrogens is 1. The molecule has 0 spiro atoms. The number of hydrogen-bond donors (Lipinski definition) is 1. The van der Waals surface area contributed by atoms with Crippen LogP contribution < -0.4 is 4.74 Å². The lowest BCUT2D eigenvalue weighted by molar-refractivity contribution is 0.123. The van der Waals surface area contributed by atoms with E-state index >= 15 is 0 Å². The molecule has 0 saturated carbocycles. The minimum Gasteiger partial charge on any atom is -0.489 e. The van der Waals surface area contributed by atoms with Gasteiger partial charge in [-0.25, -0.2) is 4.98 Å². The minimum absolute atomic E-state index is 0.274. The lowest BCUT2D eigenvalue weighted by Crippen LogP contribution is -2.12. The molecular weight excluding hydrogens is 282 g/mol. The van der Waals surface area contributed by atoms with Crippen LogP contribution >= 0.6 is 11.3 Å². The van der Waals surface area contributed by atoms with E-state index in [-0.39, 0.29) is 6.61 Å². The number of nitrogens with zero attached hydrogens (tertiary/aromatic N) is 1. The van der Waals surface area contributed by atoms with Crippen molar-refractivity contribution in [1.29, 1.82) is 0 Å². The van der Waals surface area contributed by atoms with Crippen molar-refractivity contribution in [3.8, 4) is 16.3 Å². The van der Waals surface area contributed by atoms with Crippen LogP contribution in [0, 0.1) is 6.92 Å². The summed E-state index contributed by atoms with van der Waals surface area (Å²) in [5, 5.41) is 10.3. The number of para-hydroxylation sites is 1. The highest BCUT2D eigenvalue weighted by molar-refractivity contribution is 7.21. The Morgan fingerprint density at radius 2 is 2.05 bits per heavy atom. The van der Waals surface area contributed by atoms with Crippen LogP contribution in [0.25, 0.3) is 20.8 Å². The number of aliphatic hydroxyl groups is 1. The topological polar surface area (TPSA) is 42.4 Å². The molecule has 1 heterocycles. The number of rotatable bonds is 4. The maximum atomic E-state index is 9.36. The maximum absolute atomic E-state index is 9.36. The maximum Gasteiger partial charge on any atom is 0.146 e. The summed E-state index contributed by atoms with van der Waals surface area (Å²) in [7, 11) is 0. The van der Waals surface area contributed by atoms with Crippen LogP contribution in [0.3, 0.4) is 0 Å². The third-order valence-electron chi connectivity index (χ3n) is 3.13. The molecule has 0 amide bonds. The fourth-order valence-corrected chi connectivity index (χ4v) is 3.13. The summed E-state index contributed by atoms with van der Waals surface area (Å²) in [6.45, 7) is 4.06. The number of aryl methyl sites for hydroxylation is 1. The average Bonchev–Trinajstić information content (AvgIpc) is 2.89. The van der Waals surface area contributed by atoms with Gasteiger partial charge in [-0.2, -0.15) is 0 Å². The summed E-state index contributed by atoms with van der Waals surface area (Å²) in [6.07, 6.45) is -0.491. The fraction of sp³-hybridized carbons (Fsp3) is 0.235. The zero-order chi connectivity index (χ0) is 14.8. The Bertz CT molecular complexity index is 764. The highest BCUT2D eigenvalue weighted by atomic mass is 32.1. The van der Waals surface area contributed by atoms with Gasteiger partial charge in [0.25, 0.3) is 0 Å². The summed E-state index contributed by atoms with van der Waals surface area (Å²) in [6, 6.07) is 14.2. The van der Waals surface area contributed by atoms with Gasteiger partial charge in [-0.05, 0) is 32.0 Å². The van der Waals surface area contributed by atoms with E-state index < -0.39 is 6.10 Å². The molecule has 3 nitrogen and oxygen atoms in total. The van der Waals surface area contributed by atoms with Gasteiger partial charge in [-0.15, -0.1) is 11.3 Å². The first-order chi connectivity index (χ1) is 10.1. The lowest BCUT2D eigenvalue weighted by atomic mass is 10.1. The van der Waals surface area contributed by atoms with Crippen molar-refractivity contribution >= 4 is 21.6 Å². The second-order valence-corrected chi connectivity index (χ2v) is 6.18. The molecule has 1 atom stereocenters. The summed E-state index contributed by atoms with van der Waals surface area (Å²) in [4.78, 5) is 4.71. The Kier molecular flexibility index (Phi) is 3.90. The Morgan fingerprint density at radius 1 is 1.24 bits per heavy atom. The van der Waals surface area contributed by atoms with Gasteiger partial charge < -0.3 is 9.84 Å². The molecule has 0 aliphatic carbocycles. The van der Waals surface area contributed by atoms with E-state index in [0.717, 1.165) is 26.5 Å². The molecule has 108 valence electrons. The molecule has 0 aliphatic heterocycles. The molecule has 0 bridgehead atoms. The number of hydrogen-bond acceptors (Lipinski definition) is 4. The van der Waals surface area contributed by atoms with Gasteiger partial charge in [0.2, 0.25) is 0 Å². The fourth-order valence-electron chi connectivity index (χ4n) is 2.15. The molecule has 0 aliphatic rings. The van der Waals surface area contributed by atoms with E-state index in [4.69, 9.17) is 9.72 Å². The van der Waals surface area contributed by atoms with Gasteiger partial charge >= 0.3 is 0 Å². The van der Waals surface area contributed by atoms with Crippen LogP contribution in [0.5, 0.6) is 5.75 Å². The standard InChI is InChI=1S/C17H17NO2S/c1-11-5-3-6-13(9-11)17-18-16-14(20-10-12(2)19)7-4-8-15(16)21-17/h3-9,12,19H,10H2,1-2H3. The highest BCUT2D eigenvalue weighted by Crippen LogP contribution is 2.34. The van der Waals surface area contributed by atoms with Crippen LogP contribution in [-0.4, -0.2) is 22.8 Å². The quantitative estimate of drug-likeness (QED) is 0.791. The van der Waals surface area contributed by atoms with Gasteiger partial charge in [0.05, 0.1) is 10.8 Å². The van der Waals surface area contributed by atoms with Crippen LogP contribution in [0.1, 0.15) is 12.5 Å². The Hall–Kier alpha value is -1.91. The number of thiazole rings is 1. The third kappa shape index (κ3) is 3.06. The number of fused-ring (bicyclic) bond motifs is 1. The molecule has 0 fully saturated rings. The van der Waals surface area contributed by atoms with E-state index in [9.17, 15) is 5.11 Å². The van der Waals surface area contributed by atoms with Crippen LogP contribution in [0.2, 0.25) is 0 Å². The zero-order valence-electron chi connectivity index (χ0n) is 12.0.